The summed E-state index contributed by atoms with van der Waals surface area (Å²) in [6.07, 6.45) is 10.6. The molecule has 1 N–H and O–H groups in total. The van der Waals surface area contributed by atoms with E-state index in [9.17, 15) is 9.90 Å². The van der Waals surface area contributed by atoms with Crippen molar-refractivity contribution in [2.24, 2.45) is 0 Å². The monoisotopic (exact) mass is 404 g/mol. The van der Waals surface area contributed by atoms with Gasteiger partial charge in [-0.2, -0.15) is 0 Å². The van der Waals surface area contributed by atoms with Crippen LogP contribution in [0, 0.1) is 0 Å². The van der Waals surface area contributed by atoms with Crippen molar-refractivity contribution < 1.29 is 28.8 Å². The third-order valence-corrected chi connectivity index (χ3v) is 6.44. The van der Waals surface area contributed by atoms with Gasteiger partial charge in [0, 0.05) is 24.5 Å². The Balaban J connectivity index is 1.23. The van der Waals surface area contributed by atoms with E-state index in [0.717, 1.165) is 63.4 Å². The first-order chi connectivity index (χ1) is 14.0. The summed E-state index contributed by atoms with van der Waals surface area (Å²) < 4.78 is 23.2. The van der Waals surface area contributed by atoms with Gasteiger partial charge in [0.1, 0.15) is 23.2 Å². The lowest BCUT2D eigenvalue weighted by atomic mass is 9.95. The first-order valence-corrected chi connectivity index (χ1v) is 11.0. The summed E-state index contributed by atoms with van der Waals surface area (Å²) in [5.41, 5.74) is 1.18. The smallest absolute Gasteiger partial charge is 0.342 e. The topological polar surface area (TPSA) is 74.2 Å². The molecule has 4 atom stereocenters. The van der Waals surface area contributed by atoms with Crippen molar-refractivity contribution in [2.75, 3.05) is 7.11 Å². The van der Waals surface area contributed by atoms with E-state index in [0.29, 0.717) is 23.5 Å². The molecule has 160 valence electrons. The van der Waals surface area contributed by atoms with Crippen LogP contribution in [-0.2, 0) is 14.2 Å². The standard InChI is InChI=1S/C23H32O6/c1-15-10-12-23(28-15)11-6-8-17(29-23)7-4-3-5-9-19-18-13-16(24)14-20(26-2)21(18)22(25)27-19/h13-15,17,19,24H,3-12H2,1-2H3. The zero-order chi connectivity index (χ0) is 20.4. The Hall–Kier alpha value is -1.79. The summed E-state index contributed by atoms with van der Waals surface area (Å²) in [7, 11) is 1.49. The SMILES string of the molecule is COc1cc(O)cc2c1C(=O)OC2CCCCCC1CCCC2(CCC(C)O2)O1. The first kappa shape index (κ1) is 20.5. The number of cyclic esters (lactones) is 1. The van der Waals surface area contributed by atoms with Gasteiger partial charge in [-0.15, -0.1) is 0 Å². The molecule has 0 saturated carbocycles. The molecule has 3 heterocycles. The molecular formula is C23H32O6. The number of esters is 1. The van der Waals surface area contributed by atoms with Gasteiger partial charge in [-0.1, -0.05) is 12.8 Å². The van der Waals surface area contributed by atoms with Crippen LogP contribution < -0.4 is 4.74 Å². The fourth-order valence-electron chi connectivity index (χ4n) is 5.00. The highest BCUT2D eigenvalue weighted by atomic mass is 16.7. The average Bonchev–Trinajstić information content (AvgIpc) is 3.20. The van der Waals surface area contributed by atoms with Crippen molar-refractivity contribution in [1.82, 2.24) is 0 Å². The maximum atomic E-state index is 12.2. The number of carbonyl (C=O) groups excluding carboxylic acids is 1. The lowest BCUT2D eigenvalue weighted by Gasteiger charge is -2.38. The molecule has 0 amide bonds. The number of ether oxygens (including phenoxy) is 4. The zero-order valence-corrected chi connectivity index (χ0v) is 17.4. The van der Waals surface area contributed by atoms with Gasteiger partial charge in [-0.25, -0.2) is 4.79 Å². The number of phenols is 1. The molecule has 0 radical (unpaired) electrons. The number of rotatable bonds is 7. The molecule has 0 bridgehead atoms. The number of hydrogen-bond acceptors (Lipinski definition) is 6. The van der Waals surface area contributed by atoms with E-state index in [1.54, 1.807) is 6.07 Å². The molecule has 4 unspecified atom stereocenters. The van der Waals surface area contributed by atoms with Gasteiger partial charge in [0.05, 0.1) is 19.3 Å². The van der Waals surface area contributed by atoms with Gasteiger partial charge in [0.15, 0.2) is 5.79 Å². The summed E-state index contributed by atoms with van der Waals surface area (Å²) in [5, 5.41) is 9.90. The Bertz CT molecular complexity index is 743. The number of carbonyl (C=O) groups is 1. The van der Waals surface area contributed by atoms with Crippen LogP contribution in [0.2, 0.25) is 0 Å². The Labute approximate surface area is 172 Å². The Morgan fingerprint density at radius 2 is 1.97 bits per heavy atom. The molecule has 1 aromatic carbocycles. The summed E-state index contributed by atoms with van der Waals surface area (Å²) >= 11 is 0. The third kappa shape index (κ3) is 4.38. The number of phenolic OH excluding ortho intramolecular Hbond substituents is 1. The van der Waals surface area contributed by atoms with Crippen molar-refractivity contribution in [1.29, 1.82) is 0 Å². The summed E-state index contributed by atoms with van der Waals surface area (Å²) in [6, 6.07) is 3.07. The van der Waals surface area contributed by atoms with Crippen molar-refractivity contribution in [3.63, 3.8) is 0 Å². The van der Waals surface area contributed by atoms with Crippen LogP contribution in [0.15, 0.2) is 12.1 Å². The van der Waals surface area contributed by atoms with Gasteiger partial charge >= 0.3 is 5.97 Å². The van der Waals surface area contributed by atoms with E-state index in [-0.39, 0.29) is 23.6 Å². The second-order valence-electron chi connectivity index (χ2n) is 8.65. The maximum Gasteiger partial charge on any atom is 0.342 e. The zero-order valence-electron chi connectivity index (χ0n) is 17.4. The number of hydrogen-bond donors (Lipinski definition) is 1. The van der Waals surface area contributed by atoms with E-state index in [1.165, 1.54) is 19.6 Å². The third-order valence-electron chi connectivity index (χ3n) is 6.44. The van der Waals surface area contributed by atoms with Crippen molar-refractivity contribution >= 4 is 5.97 Å². The van der Waals surface area contributed by atoms with Gasteiger partial charge in [-0.3, -0.25) is 0 Å². The minimum absolute atomic E-state index is 0.0933. The molecular weight excluding hydrogens is 372 g/mol. The number of fused-ring (bicyclic) bond motifs is 1. The summed E-state index contributed by atoms with van der Waals surface area (Å²) in [6.45, 7) is 2.13. The van der Waals surface area contributed by atoms with Crippen LogP contribution in [0.3, 0.4) is 0 Å². The van der Waals surface area contributed by atoms with Gasteiger partial charge < -0.3 is 24.1 Å². The molecule has 6 nitrogen and oxygen atoms in total. The summed E-state index contributed by atoms with van der Waals surface area (Å²) in [5.74, 6) is -0.214. The van der Waals surface area contributed by atoms with Crippen LogP contribution in [0.5, 0.6) is 11.5 Å². The van der Waals surface area contributed by atoms with Crippen LogP contribution >= 0.6 is 0 Å². The van der Waals surface area contributed by atoms with Gasteiger partial charge in [0.25, 0.3) is 0 Å². The Kier molecular flexibility index (Phi) is 6.02. The van der Waals surface area contributed by atoms with Gasteiger partial charge in [0.2, 0.25) is 0 Å². The van der Waals surface area contributed by atoms with E-state index < -0.39 is 0 Å². The number of benzene rings is 1. The van der Waals surface area contributed by atoms with Crippen LogP contribution in [0.4, 0.5) is 0 Å². The quantitative estimate of drug-likeness (QED) is 0.508. The maximum absolute atomic E-state index is 12.2. The van der Waals surface area contributed by atoms with Crippen molar-refractivity contribution in [2.45, 2.75) is 95.2 Å². The van der Waals surface area contributed by atoms with E-state index >= 15 is 0 Å². The Morgan fingerprint density at radius 3 is 2.72 bits per heavy atom. The largest absolute Gasteiger partial charge is 0.508 e. The minimum Gasteiger partial charge on any atom is -0.508 e. The van der Waals surface area contributed by atoms with Crippen LogP contribution in [0.25, 0.3) is 0 Å². The predicted molar refractivity (Wildman–Crippen MR) is 107 cm³/mol. The van der Waals surface area contributed by atoms with Crippen molar-refractivity contribution in [3.05, 3.63) is 23.3 Å². The highest BCUT2D eigenvalue weighted by Crippen LogP contribution is 2.43. The Morgan fingerprint density at radius 1 is 1.14 bits per heavy atom. The molecule has 6 heteroatoms. The molecule has 1 spiro atoms. The predicted octanol–water partition coefficient (Wildman–Crippen LogP) is 5.03. The fourth-order valence-corrected chi connectivity index (χ4v) is 5.00. The molecule has 29 heavy (non-hydrogen) atoms. The van der Waals surface area contributed by atoms with Crippen LogP contribution in [-0.4, -0.2) is 36.2 Å². The normalized spacial score (nSPS) is 31.1. The fraction of sp³-hybridized carbons (Fsp3) is 0.696. The molecule has 3 aliphatic rings. The molecule has 1 aromatic rings. The first-order valence-electron chi connectivity index (χ1n) is 11.0. The molecule has 3 aliphatic heterocycles. The second-order valence-corrected chi connectivity index (χ2v) is 8.65. The molecule has 0 aromatic heterocycles. The van der Waals surface area contributed by atoms with E-state index in [2.05, 4.69) is 6.92 Å². The highest BCUT2D eigenvalue weighted by Gasteiger charge is 2.43. The minimum atomic E-state index is -0.367. The number of unbranched alkanes of at least 4 members (excludes halogenated alkanes) is 2. The van der Waals surface area contributed by atoms with E-state index in [1.807, 2.05) is 0 Å². The molecule has 4 rings (SSSR count). The van der Waals surface area contributed by atoms with Gasteiger partial charge in [-0.05, 0) is 51.5 Å². The number of methoxy groups -OCH3 is 1. The molecule has 0 aliphatic carbocycles. The lowest BCUT2D eigenvalue weighted by molar-refractivity contribution is -0.269. The molecule has 2 fully saturated rings. The highest BCUT2D eigenvalue weighted by molar-refractivity contribution is 5.97. The number of aromatic hydroxyl groups is 1. The average molecular weight is 405 g/mol. The second kappa shape index (κ2) is 8.52. The van der Waals surface area contributed by atoms with Crippen molar-refractivity contribution in [3.8, 4) is 11.5 Å². The lowest BCUT2D eigenvalue weighted by Crippen LogP contribution is -2.40. The summed E-state index contributed by atoms with van der Waals surface area (Å²) in [4.78, 5) is 12.2. The van der Waals surface area contributed by atoms with Crippen LogP contribution in [0.1, 0.15) is 93.2 Å². The molecule has 2 saturated heterocycles. The van der Waals surface area contributed by atoms with E-state index in [4.69, 9.17) is 18.9 Å².